The number of hydrogen-bond acceptors (Lipinski definition) is 8. The number of sulfonamides is 2. The Hall–Kier alpha value is -2.35. The lowest BCUT2D eigenvalue weighted by atomic mass is 10.1. The summed E-state index contributed by atoms with van der Waals surface area (Å²) in [5.41, 5.74) is 2.41. The fraction of sp³-hybridized carbons (Fsp3) is 0.480. The maximum atomic E-state index is 13.3. The molecule has 2 heterocycles. The first-order valence-electron chi connectivity index (χ1n) is 12.3. The van der Waals surface area contributed by atoms with Crippen molar-refractivity contribution in [3.05, 3.63) is 47.5 Å². The van der Waals surface area contributed by atoms with Crippen LogP contribution in [0.2, 0.25) is 0 Å². The Morgan fingerprint density at radius 3 is 1.41 bits per heavy atom. The van der Waals surface area contributed by atoms with E-state index in [1.54, 1.807) is 38.5 Å². The van der Waals surface area contributed by atoms with Crippen molar-refractivity contribution in [2.24, 2.45) is 5.16 Å². The summed E-state index contributed by atoms with van der Waals surface area (Å²) in [6.45, 7) is 1.45. The normalized spacial score (nSPS) is 20.1. The first-order valence-corrected chi connectivity index (χ1v) is 15.2. The Bertz CT molecular complexity index is 1320. The van der Waals surface area contributed by atoms with Crippen LogP contribution in [-0.2, 0) is 29.5 Å². The van der Waals surface area contributed by atoms with Gasteiger partial charge in [0.2, 0.25) is 20.0 Å². The van der Waals surface area contributed by atoms with E-state index in [1.165, 1.54) is 20.7 Å². The Morgan fingerprint density at radius 1 is 0.703 bits per heavy atom. The lowest BCUT2D eigenvalue weighted by Gasteiger charge is -2.30. The van der Waals surface area contributed by atoms with Gasteiger partial charge >= 0.3 is 0 Å². The molecule has 0 radical (unpaired) electrons. The predicted molar refractivity (Wildman–Crippen MR) is 137 cm³/mol. The summed E-state index contributed by atoms with van der Waals surface area (Å²) in [5, 5.41) is 13.3. The molecule has 0 atom stereocenters. The molecule has 37 heavy (non-hydrogen) atoms. The fourth-order valence-corrected chi connectivity index (χ4v) is 8.39. The van der Waals surface area contributed by atoms with Crippen molar-refractivity contribution in [2.75, 3.05) is 40.4 Å². The molecule has 2 aromatic carbocycles. The van der Waals surface area contributed by atoms with Gasteiger partial charge in [0.05, 0.1) is 22.0 Å². The molecule has 2 aromatic rings. The average Bonchev–Trinajstić information content (AvgIpc) is 3.25. The number of nitrogens with zero attached hydrogens (tertiary/aromatic N) is 3. The first-order chi connectivity index (χ1) is 17.7. The van der Waals surface area contributed by atoms with Gasteiger partial charge in [-0.05, 0) is 61.1 Å². The third kappa shape index (κ3) is 4.59. The number of rotatable bonds is 6. The van der Waals surface area contributed by atoms with Crippen molar-refractivity contribution in [3.8, 4) is 11.1 Å². The second kappa shape index (κ2) is 10.1. The van der Waals surface area contributed by atoms with Crippen LogP contribution >= 0.6 is 0 Å². The monoisotopic (exact) mass is 549 g/mol. The molecule has 3 aliphatic rings. The van der Waals surface area contributed by atoms with Gasteiger partial charge < -0.3 is 14.7 Å². The van der Waals surface area contributed by atoms with Gasteiger partial charge in [-0.2, -0.15) is 8.61 Å². The van der Waals surface area contributed by atoms with Crippen LogP contribution in [0.1, 0.15) is 36.8 Å². The predicted octanol–water partition coefficient (Wildman–Crippen LogP) is 2.49. The molecule has 2 aliphatic heterocycles. The molecule has 1 N–H and O–H groups in total. The van der Waals surface area contributed by atoms with E-state index in [0.717, 1.165) is 0 Å². The summed E-state index contributed by atoms with van der Waals surface area (Å²) in [4.78, 5) is 0.204. The first kappa shape index (κ1) is 26.3. The van der Waals surface area contributed by atoms with Crippen LogP contribution in [0.3, 0.4) is 0 Å². The fourth-order valence-electron chi connectivity index (χ4n) is 5.40. The van der Waals surface area contributed by atoms with E-state index < -0.39 is 20.0 Å². The molecule has 0 amide bonds. The van der Waals surface area contributed by atoms with Crippen LogP contribution in [-0.4, -0.2) is 89.0 Å². The van der Waals surface area contributed by atoms with Gasteiger partial charge in [-0.1, -0.05) is 17.3 Å². The summed E-state index contributed by atoms with van der Waals surface area (Å²) < 4.78 is 67.0. The summed E-state index contributed by atoms with van der Waals surface area (Å²) in [6.07, 6.45) is 2.58. The number of piperidine rings is 2. The highest BCUT2D eigenvalue weighted by Crippen LogP contribution is 2.40. The van der Waals surface area contributed by atoms with Gasteiger partial charge in [0.1, 0.15) is 5.71 Å². The highest BCUT2D eigenvalue weighted by Gasteiger charge is 2.35. The summed E-state index contributed by atoms with van der Waals surface area (Å²) in [5.74, 6) is 0. The Balaban J connectivity index is 1.45. The van der Waals surface area contributed by atoms with Crippen LogP contribution in [0.15, 0.2) is 51.3 Å². The second-order valence-corrected chi connectivity index (χ2v) is 13.4. The number of ether oxygens (including phenoxy) is 2. The van der Waals surface area contributed by atoms with E-state index in [0.29, 0.717) is 74.1 Å². The summed E-state index contributed by atoms with van der Waals surface area (Å²) in [7, 11) is -4.26. The van der Waals surface area contributed by atoms with Gasteiger partial charge in [-0.25, -0.2) is 16.8 Å². The SMILES string of the molecule is COC1CCN(S(=O)(=O)c2ccc3c(c2)C(=NO)c2cc(S(=O)(=O)N4CCC(OC)CC4)ccc2-3)CC1. The lowest BCUT2D eigenvalue weighted by Crippen LogP contribution is -2.40. The number of fused-ring (bicyclic) bond motifs is 3. The van der Waals surface area contributed by atoms with E-state index in [-0.39, 0.29) is 27.7 Å². The molecule has 2 fully saturated rings. The zero-order valence-electron chi connectivity index (χ0n) is 20.8. The van der Waals surface area contributed by atoms with Crippen LogP contribution in [0, 0.1) is 0 Å². The number of hydrogen-bond donors (Lipinski definition) is 1. The van der Waals surface area contributed by atoms with Gasteiger partial charge in [-0.3, -0.25) is 0 Å². The maximum absolute atomic E-state index is 13.3. The van der Waals surface area contributed by atoms with Gasteiger partial charge in [0.15, 0.2) is 0 Å². The minimum atomic E-state index is -3.76. The third-order valence-corrected chi connectivity index (χ3v) is 11.4. The smallest absolute Gasteiger partial charge is 0.243 e. The van der Waals surface area contributed by atoms with E-state index in [4.69, 9.17) is 9.47 Å². The molecule has 12 heteroatoms. The molecule has 0 aromatic heterocycles. The Kier molecular flexibility index (Phi) is 7.16. The molecule has 10 nitrogen and oxygen atoms in total. The zero-order valence-corrected chi connectivity index (χ0v) is 22.5. The maximum Gasteiger partial charge on any atom is 0.243 e. The van der Waals surface area contributed by atoms with Crippen molar-refractivity contribution in [3.63, 3.8) is 0 Å². The molecule has 200 valence electrons. The highest BCUT2D eigenvalue weighted by atomic mass is 32.2. The summed E-state index contributed by atoms with van der Waals surface area (Å²) in [6, 6.07) is 9.48. The van der Waals surface area contributed by atoms with Gasteiger partial charge in [0, 0.05) is 51.5 Å². The minimum absolute atomic E-state index is 0.0471. The largest absolute Gasteiger partial charge is 0.410 e. The average molecular weight is 550 g/mol. The van der Waals surface area contributed by atoms with Crippen LogP contribution < -0.4 is 0 Å². The van der Waals surface area contributed by atoms with Crippen molar-refractivity contribution in [1.29, 1.82) is 0 Å². The lowest BCUT2D eigenvalue weighted by molar-refractivity contribution is 0.0603. The molecule has 0 bridgehead atoms. The number of methoxy groups -OCH3 is 2. The van der Waals surface area contributed by atoms with Crippen LogP contribution in [0.5, 0.6) is 0 Å². The quantitative estimate of drug-likeness (QED) is 0.370. The van der Waals surface area contributed by atoms with Crippen LogP contribution in [0.4, 0.5) is 0 Å². The second-order valence-electron chi connectivity index (χ2n) is 9.54. The van der Waals surface area contributed by atoms with Gasteiger partial charge in [-0.15, -0.1) is 0 Å². The zero-order chi connectivity index (χ0) is 26.4. The summed E-state index contributed by atoms with van der Waals surface area (Å²) >= 11 is 0. The number of oxime groups is 1. The van der Waals surface area contributed by atoms with E-state index >= 15 is 0 Å². The van der Waals surface area contributed by atoms with E-state index in [1.807, 2.05) is 0 Å². The molecular weight excluding hydrogens is 518 g/mol. The number of benzene rings is 2. The molecule has 1 aliphatic carbocycles. The van der Waals surface area contributed by atoms with Crippen molar-refractivity contribution in [1.82, 2.24) is 8.61 Å². The van der Waals surface area contributed by atoms with Crippen molar-refractivity contribution in [2.45, 2.75) is 47.7 Å². The Labute approximate surface area is 217 Å². The van der Waals surface area contributed by atoms with Crippen LogP contribution in [0.25, 0.3) is 11.1 Å². The van der Waals surface area contributed by atoms with Gasteiger partial charge in [0.25, 0.3) is 0 Å². The molecule has 0 saturated carbocycles. The third-order valence-electron chi connectivity index (χ3n) is 7.63. The molecule has 5 rings (SSSR count). The standard InChI is InChI=1S/C25H31N3O7S2/c1-34-17-7-11-27(12-8-17)36(30,31)19-3-5-21-22-6-4-20(16-24(22)25(26-29)23(21)15-19)37(32,33)28-13-9-18(35-2)10-14-28/h3-6,15-18,29H,7-14H2,1-2H3. The van der Waals surface area contributed by atoms with Crippen molar-refractivity contribution < 1.29 is 31.5 Å². The minimum Gasteiger partial charge on any atom is -0.410 e. The van der Waals surface area contributed by atoms with Crippen molar-refractivity contribution >= 4 is 25.8 Å². The molecule has 0 unspecified atom stereocenters. The Morgan fingerprint density at radius 2 is 1.08 bits per heavy atom. The molecule has 0 spiro atoms. The highest BCUT2D eigenvalue weighted by molar-refractivity contribution is 7.89. The molecular formula is C25H31N3O7S2. The molecule has 2 saturated heterocycles. The van der Waals surface area contributed by atoms with E-state index in [9.17, 15) is 22.0 Å². The topological polar surface area (TPSA) is 126 Å². The van der Waals surface area contributed by atoms with E-state index in [2.05, 4.69) is 5.16 Å².